The highest BCUT2D eigenvalue weighted by Gasteiger charge is 2.13. The van der Waals surface area contributed by atoms with Gasteiger partial charge in [-0.15, -0.1) is 0 Å². The molecule has 0 saturated carbocycles. The van der Waals surface area contributed by atoms with E-state index in [-0.39, 0.29) is 5.78 Å². The molecule has 0 unspecified atom stereocenters. The fraction of sp³-hybridized carbons (Fsp3) is 0.176. The lowest BCUT2D eigenvalue weighted by atomic mass is 10.1. The van der Waals surface area contributed by atoms with Gasteiger partial charge in [0.05, 0.1) is 5.69 Å². The number of anilines is 2. The van der Waals surface area contributed by atoms with Crippen LogP contribution in [0.5, 0.6) is 0 Å². The van der Waals surface area contributed by atoms with Crippen LogP contribution in [0.2, 0.25) is 0 Å². The number of aryl methyl sites for hydroxylation is 1. The summed E-state index contributed by atoms with van der Waals surface area (Å²) in [7, 11) is 3.01. The standard InChI is InChI=1S/C17H16N4O3/c1-10(22)11-4-6-12(7-5-11)19-13-8-9-18-15-14(13)16(23)21(3)17(24)20(15)2/h4-9H,1-3H3,(H,18,19). The quantitative estimate of drug-likeness (QED) is 0.739. The first-order valence-corrected chi connectivity index (χ1v) is 7.33. The van der Waals surface area contributed by atoms with Crippen LogP contribution in [0, 0.1) is 0 Å². The van der Waals surface area contributed by atoms with Crippen LogP contribution in [-0.2, 0) is 14.1 Å². The van der Waals surface area contributed by atoms with Gasteiger partial charge in [-0.1, -0.05) is 0 Å². The van der Waals surface area contributed by atoms with Crippen LogP contribution in [0.1, 0.15) is 17.3 Å². The molecule has 2 heterocycles. The van der Waals surface area contributed by atoms with Gasteiger partial charge in [-0.2, -0.15) is 0 Å². The number of fused-ring (bicyclic) bond motifs is 1. The van der Waals surface area contributed by atoms with Gasteiger partial charge < -0.3 is 5.32 Å². The number of hydrogen-bond acceptors (Lipinski definition) is 5. The molecule has 7 heteroatoms. The van der Waals surface area contributed by atoms with Crippen molar-refractivity contribution in [2.24, 2.45) is 14.1 Å². The highest BCUT2D eigenvalue weighted by molar-refractivity contribution is 5.95. The van der Waals surface area contributed by atoms with E-state index in [0.717, 1.165) is 10.3 Å². The fourth-order valence-corrected chi connectivity index (χ4v) is 2.53. The molecule has 1 aromatic carbocycles. The SMILES string of the molecule is CC(=O)c1ccc(Nc2ccnc3c2c(=O)n(C)c(=O)n3C)cc1. The average molecular weight is 324 g/mol. The number of nitrogens with zero attached hydrogens (tertiary/aromatic N) is 3. The molecule has 0 atom stereocenters. The van der Waals surface area contributed by atoms with Crippen molar-refractivity contribution >= 4 is 28.2 Å². The molecule has 24 heavy (non-hydrogen) atoms. The van der Waals surface area contributed by atoms with Gasteiger partial charge in [0, 0.05) is 31.5 Å². The molecule has 0 aliphatic carbocycles. The van der Waals surface area contributed by atoms with E-state index in [2.05, 4.69) is 10.3 Å². The highest BCUT2D eigenvalue weighted by Crippen LogP contribution is 2.22. The minimum Gasteiger partial charge on any atom is -0.355 e. The van der Waals surface area contributed by atoms with Crippen LogP contribution in [0.25, 0.3) is 11.0 Å². The van der Waals surface area contributed by atoms with Crippen molar-refractivity contribution in [3.8, 4) is 0 Å². The molecule has 0 fully saturated rings. The summed E-state index contributed by atoms with van der Waals surface area (Å²) in [5.41, 5.74) is 1.36. The first-order valence-electron chi connectivity index (χ1n) is 7.33. The summed E-state index contributed by atoms with van der Waals surface area (Å²) in [6, 6.07) is 8.61. The Bertz CT molecular complexity index is 1060. The topological polar surface area (TPSA) is 86.0 Å². The molecule has 0 bridgehead atoms. The van der Waals surface area contributed by atoms with Gasteiger partial charge in [-0.05, 0) is 37.3 Å². The summed E-state index contributed by atoms with van der Waals surface area (Å²) in [5, 5.41) is 3.48. The minimum absolute atomic E-state index is 0.0141. The van der Waals surface area contributed by atoms with Crippen molar-refractivity contribution in [2.45, 2.75) is 6.92 Å². The van der Waals surface area contributed by atoms with Gasteiger partial charge >= 0.3 is 5.69 Å². The van der Waals surface area contributed by atoms with E-state index in [1.807, 2.05) is 0 Å². The van der Waals surface area contributed by atoms with E-state index in [4.69, 9.17) is 0 Å². The van der Waals surface area contributed by atoms with Crippen LogP contribution >= 0.6 is 0 Å². The Morgan fingerprint density at radius 1 is 1.04 bits per heavy atom. The molecular formula is C17H16N4O3. The second-order valence-corrected chi connectivity index (χ2v) is 5.52. The number of carbonyl (C=O) groups excluding carboxylic acids is 1. The fourth-order valence-electron chi connectivity index (χ4n) is 2.53. The molecule has 3 aromatic rings. The molecule has 0 amide bonds. The smallest absolute Gasteiger partial charge is 0.332 e. The number of ketones is 1. The first kappa shape index (κ1) is 15.7. The maximum Gasteiger partial charge on any atom is 0.332 e. The molecule has 0 aliphatic heterocycles. The van der Waals surface area contributed by atoms with E-state index >= 15 is 0 Å². The summed E-state index contributed by atoms with van der Waals surface area (Å²) in [6.07, 6.45) is 1.54. The Kier molecular flexibility index (Phi) is 3.76. The van der Waals surface area contributed by atoms with Crippen LogP contribution in [-0.4, -0.2) is 19.9 Å². The molecule has 3 rings (SSSR count). The van der Waals surface area contributed by atoms with Crippen molar-refractivity contribution in [2.75, 3.05) is 5.32 Å². The number of pyridine rings is 1. The predicted octanol–water partition coefficient (Wildman–Crippen LogP) is 1.58. The largest absolute Gasteiger partial charge is 0.355 e. The zero-order chi connectivity index (χ0) is 17.4. The summed E-state index contributed by atoms with van der Waals surface area (Å²) in [4.78, 5) is 40.0. The van der Waals surface area contributed by atoms with E-state index < -0.39 is 11.2 Å². The number of hydrogen-bond donors (Lipinski definition) is 1. The Morgan fingerprint density at radius 3 is 2.33 bits per heavy atom. The number of Topliss-reactive ketones (excluding diaryl/α,β-unsaturated/α-hetero) is 1. The van der Waals surface area contributed by atoms with Gasteiger partial charge in [-0.3, -0.25) is 18.7 Å². The van der Waals surface area contributed by atoms with E-state index in [1.54, 1.807) is 37.4 Å². The molecule has 1 N–H and O–H groups in total. The van der Waals surface area contributed by atoms with E-state index in [1.165, 1.54) is 24.7 Å². The molecule has 0 saturated heterocycles. The Labute approximate surface area is 137 Å². The zero-order valence-corrected chi connectivity index (χ0v) is 13.5. The predicted molar refractivity (Wildman–Crippen MR) is 92.0 cm³/mol. The third kappa shape index (κ3) is 2.50. The normalized spacial score (nSPS) is 10.8. The van der Waals surface area contributed by atoms with Gasteiger partial charge in [0.2, 0.25) is 0 Å². The number of nitrogens with one attached hydrogen (secondary N) is 1. The summed E-state index contributed by atoms with van der Waals surface area (Å²) >= 11 is 0. The molecular weight excluding hydrogens is 308 g/mol. The Morgan fingerprint density at radius 2 is 1.71 bits per heavy atom. The first-order chi connectivity index (χ1) is 11.4. The number of rotatable bonds is 3. The Balaban J connectivity index is 2.15. The van der Waals surface area contributed by atoms with Crippen molar-refractivity contribution < 1.29 is 4.79 Å². The Hall–Kier alpha value is -3.22. The molecule has 2 aromatic heterocycles. The van der Waals surface area contributed by atoms with Gasteiger partial charge in [0.25, 0.3) is 5.56 Å². The van der Waals surface area contributed by atoms with Crippen molar-refractivity contribution in [3.63, 3.8) is 0 Å². The van der Waals surface area contributed by atoms with Crippen molar-refractivity contribution in [1.82, 2.24) is 14.1 Å². The summed E-state index contributed by atoms with van der Waals surface area (Å²) in [5.74, 6) is -0.0141. The van der Waals surface area contributed by atoms with Crippen LogP contribution in [0.3, 0.4) is 0 Å². The van der Waals surface area contributed by atoms with Crippen LogP contribution < -0.4 is 16.6 Å². The number of benzene rings is 1. The molecule has 0 aliphatic rings. The van der Waals surface area contributed by atoms with E-state index in [9.17, 15) is 14.4 Å². The lowest BCUT2D eigenvalue weighted by molar-refractivity contribution is 0.101. The second-order valence-electron chi connectivity index (χ2n) is 5.52. The molecule has 7 nitrogen and oxygen atoms in total. The maximum absolute atomic E-state index is 12.5. The van der Waals surface area contributed by atoms with Gasteiger partial charge in [0.1, 0.15) is 5.39 Å². The average Bonchev–Trinajstić information content (AvgIpc) is 2.58. The van der Waals surface area contributed by atoms with E-state index in [0.29, 0.717) is 22.3 Å². The van der Waals surface area contributed by atoms with Crippen LogP contribution in [0.4, 0.5) is 11.4 Å². The second kappa shape index (κ2) is 5.77. The maximum atomic E-state index is 12.5. The molecule has 0 spiro atoms. The minimum atomic E-state index is -0.428. The van der Waals surface area contributed by atoms with Crippen molar-refractivity contribution in [1.29, 1.82) is 0 Å². The lowest BCUT2D eigenvalue weighted by Gasteiger charge is -2.12. The van der Waals surface area contributed by atoms with Gasteiger partial charge in [0.15, 0.2) is 11.4 Å². The molecule has 122 valence electrons. The zero-order valence-electron chi connectivity index (χ0n) is 13.5. The number of carbonyl (C=O) groups is 1. The van der Waals surface area contributed by atoms with Crippen molar-refractivity contribution in [3.05, 3.63) is 62.9 Å². The number of aromatic nitrogens is 3. The lowest BCUT2D eigenvalue weighted by Crippen LogP contribution is -2.37. The third-order valence-electron chi connectivity index (χ3n) is 3.91. The van der Waals surface area contributed by atoms with Gasteiger partial charge in [-0.25, -0.2) is 9.78 Å². The van der Waals surface area contributed by atoms with Crippen LogP contribution in [0.15, 0.2) is 46.1 Å². The third-order valence-corrected chi connectivity index (χ3v) is 3.91. The highest BCUT2D eigenvalue weighted by atomic mass is 16.2. The summed E-state index contributed by atoms with van der Waals surface area (Å²) in [6.45, 7) is 1.50. The summed E-state index contributed by atoms with van der Waals surface area (Å²) < 4.78 is 2.38. The molecule has 0 radical (unpaired) electrons. The monoisotopic (exact) mass is 324 g/mol.